The highest BCUT2D eigenvalue weighted by molar-refractivity contribution is 6.21. The molecular weight excluding hydrogens is 268 g/mol. The summed E-state index contributed by atoms with van der Waals surface area (Å²) in [6.45, 7) is 0.874. The number of fused-ring (bicyclic) bond motifs is 1. The van der Waals surface area contributed by atoms with E-state index in [1.165, 1.54) is 24.6 Å². The zero-order valence-electron chi connectivity index (χ0n) is 11.9. The van der Waals surface area contributed by atoms with Gasteiger partial charge in [0.1, 0.15) is 0 Å². The fourth-order valence-corrected chi connectivity index (χ4v) is 3.60. The van der Waals surface area contributed by atoms with Crippen LogP contribution < -0.4 is 0 Å². The summed E-state index contributed by atoms with van der Waals surface area (Å²) in [6.07, 6.45) is 4.91. The van der Waals surface area contributed by atoms with Gasteiger partial charge in [-0.15, -0.1) is 11.6 Å². The zero-order valence-corrected chi connectivity index (χ0v) is 12.7. The highest BCUT2D eigenvalue weighted by atomic mass is 35.5. The Labute approximate surface area is 125 Å². The number of alkyl halides is 1. The van der Waals surface area contributed by atoms with Crippen molar-refractivity contribution in [2.24, 2.45) is 0 Å². The van der Waals surface area contributed by atoms with Crippen molar-refractivity contribution < 1.29 is 0 Å². The van der Waals surface area contributed by atoms with E-state index in [4.69, 9.17) is 16.6 Å². The van der Waals surface area contributed by atoms with Crippen molar-refractivity contribution in [1.29, 1.82) is 0 Å². The van der Waals surface area contributed by atoms with Gasteiger partial charge in [0.05, 0.1) is 11.2 Å². The van der Waals surface area contributed by atoms with E-state index in [9.17, 15) is 0 Å². The lowest BCUT2D eigenvalue weighted by atomic mass is 9.94. The van der Waals surface area contributed by atoms with E-state index in [1.807, 2.05) is 6.07 Å². The lowest BCUT2D eigenvalue weighted by Crippen LogP contribution is -2.40. The Kier molecular flexibility index (Phi) is 4.23. The molecule has 3 heteroatoms. The Balaban J connectivity index is 1.74. The third kappa shape index (κ3) is 2.97. The molecule has 2 atom stereocenters. The zero-order chi connectivity index (χ0) is 13.9. The molecule has 20 heavy (non-hydrogen) atoms. The van der Waals surface area contributed by atoms with Crippen LogP contribution in [0.25, 0.3) is 10.9 Å². The van der Waals surface area contributed by atoms with Gasteiger partial charge >= 0.3 is 0 Å². The minimum atomic E-state index is 0.286. The third-order valence-electron chi connectivity index (χ3n) is 4.28. The first-order valence-electron chi connectivity index (χ1n) is 7.43. The van der Waals surface area contributed by atoms with E-state index in [2.05, 4.69) is 42.3 Å². The third-order valence-corrected chi connectivity index (χ3v) is 4.79. The standard InChI is InChI=1S/C17H21ClN2/c1-20(17-9-5-3-7-15(17)18)12-14-11-10-13-6-2-4-8-16(13)19-14/h2,4,6,8,10-11,15,17H,3,5,7,9,12H2,1H3. The average molecular weight is 289 g/mol. The van der Waals surface area contributed by atoms with Crippen LogP contribution in [-0.2, 0) is 6.54 Å². The molecule has 2 unspecified atom stereocenters. The van der Waals surface area contributed by atoms with E-state index in [-0.39, 0.29) is 5.38 Å². The molecule has 1 fully saturated rings. The molecule has 0 bridgehead atoms. The summed E-state index contributed by atoms with van der Waals surface area (Å²) in [4.78, 5) is 7.12. The molecule has 0 radical (unpaired) electrons. The molecule has 1 heterocycles. The van der Waals surface area contributed by atoms with Crippen molar-refractivity contribution in [2.75, 3.05) is 7.05 Å². The quantitative estimate of drug-likeness (QED) is 0.786. The molecular formula is C17H21ClN2. The maximum absolute atomic E-state index is 6.48. The van der Waals surface area contributed by atoms with Crippen molar-refractivity contribution >= 4 is 22.5 Å². The van der Waals surface area contributed by atoms with Gasteiger partial charge in [0.25, 0.3) is 0 Å². The van der Waals surface area contributed by atoms with E-state index >= 15 is 0 Å². The minimum absolute atomic E-state index is 0.286. The average Bonchev–Trinajstić information content (AvgIpc) is 2.47. The first kappa shape index (κ1) is 13.8. The van der Waals surface area contributed by atoms with Gasteiger partial charge in [-0.25, -0.2) is 0 Å². The van der Waals surface area contributed by atoms with Crippen LogP contribution in [0.4, 0.5) is 0 Å². The molecule has 0 saturated heterocycles. The Morgan fingerprint density at radius 1 is 1.15 bits per heavy atom. The van der Waals surface area contributed by atoms with Crippen LogP contribution in [-0.4, -0.2) is 28.4 Å². The van der Waals surface area contributed by atoms with Crippen LogP contribution in [0.1, 0.15) is 31.4 Å². The molecule has 1 aromatic carbocycles. The molecule has 106 valence electrons. The summed E-state index contributed by atoms with van der Waals surface area (Å²) in [5.41, 5.74) is 2.20. The Bertz CT molecular complexity index is 584. The van der Waals surface area contributed by atoms with E-state index in [1.54, 1.807) is 0 Å². The fourth-order valence-electron chi connectivity index (χ4n) is 3.13. The van der Waals surface area contributed by atoms with Crippen LogP contribution in [0.2, 0.25) is 0 Å². The second kappa shape index (κ2) is 6.11. The topological polar surface area (TPSA) is 16.1 Å². The van der Waals surface area contributed by atoms with Gasteiger partial charge in [0.2, 0.25) is 0 Å². The smallest absolute Gasteiger partial charge is 0.0705 e. The van der Waals surface area contributed by atoms with Crippen LogP contribution >= 0.6 is 11.6 Å². The normalized spacial score (nSPS) is 23.4. The van der Waals surface area contributed by atoms with Crippen molar-refractivity contribution in [3.8, 4) is 0 Å². The van der Waals surface area contributed by atoms with Gasteiger partial charge in [0.15, 0.2) is 0 Å². The van der Waals surface area contributed by atoms with Crippen molar-refractivity contribution in [2.45, 2.75) is 43.6 Å². The lowest BCUT2D eigenvalue weighted by molar-refractivity contribution is 0.187. The van der Waals surface area contributed by atoms with E-state index in [0.717, 1.165) is 24.2 Å². The summed E-state index contributed by atoms with van der Waals surface area (Å²) >= 11 is 6.48. The Morgan fingerprint density at radius 3 is 2.80 bits per heavy atom. The molecule has 2 nitrogen and oxygen atoms in total. The molecule has 2 aromatic rings. The maximum Gasteiger partial charge on any atom is 0.0705 e. The largest absolute Gasteiger partial charge is 0.296 e. The highest BCUT2D eigenvalue weighted by Gasteiger charge is 2.26. The molecule has 3 rings (SSSR count). The Morgan fingerprint density at radius 2 is 1.95 bits per heavy atom. The lowest BCUT2D eigenvalue weighted by Gasteiger charge is -2.34. The molecule has 0 aliphatic heterocycles. The van der Waals surface area contributed by atoms with Gasteiger partial charge < -0.3 is 0 Å². The molecule has 0 spiro atoms. The van der Waals surface area contributed by atoms with Crippen LogP contribution in [0.3, 0.4) is 0 Å². The number of nitrogens with zero attached hydrogens (tertiary/aromatic N) is 2. The number of benzene rings is 1. The second-order valence-electron chi connectivity index (χ2n) is 5.78. The minimum Gasteiger partial charge on any atom is -0.296 e. The highest BCUT2D eigenvalue weighted by Crippen LogP contribution is 2.27. The maximum atomic E-state index is 6.48. The van der Waals surface area contributed by atoms with Gasteiger partial charge in [0, 0.05) is 23.3 Å². The van der Waals surface area contributed by atoms with E-state index < -0.39 is 0 Å². The molecule has 0 amide bonds. The number of halogens is 1. The van der Waals surface area contributed by atoms with Gasteiger partial charge in [-0.2, -0.15) is 0 Å². The molecule has 1 aliphatic rings. The van der Waals surface area contributed by atoms with Gasteiger partial charge in [-0.3, -0.25) is 9.88 Å². The van der Waals surface area contributed by atoms with Gasteiger partial charge in [-0.1, -0.05) is 37.1 Å². The van der Waals surface area contributed by atoms with Crippen LogP contribution in [0.15, 0.2) is 36.4 Å². The predicted molar refractivity (Wildman–Crippen MR) is 85.1 cm³/mol. The first-order valence-corrected chi connectivity index (χ1v) is 7.86. The summed E-state index contributed by atoms with van der Waals surface area (Å²) < 4.78 is 0. The number of aromatic nitrogens is 1. The summed E-state index contributed by atoms with van der Waals surface area (Å²) in [5, 5.41) is 1.49. The number of para-hydroxylation sites is 1. The van der Waals surface area contributed by atoms with E-state index in [0.29, 0.717) is 6.04 Å². The van der Waals surface area contributed by atoms with Crippen molar-refractivity contribution in [3.05, 3.63) is 42.1 Å². The molecule has 1 aromatic heterocycles. The SMILES string of the molecule is CN(Cc1ccc2ccccc2n1)C1CCCCC1Cl. The second-order valence-corrected chi connectivity index (χ2v) is 6.34. The summed E-state index contributed by atoms with van der Waals surface area (Å²) in [6, 6.07) is 13.0. The van der Waals surface area contributed by atoms with Gasteiger partial charge in [-0.05, 0) is 32.0 Å². The monoisotopic (exact) mass is 288 g/mol. The molecule has 0 N–H and O–H groups in total. The fraction of sp³-hybridized carbons (Fsp3) is 0.471. The molecule has 1 saturated carbocycles. The number of rotatable bonds is 3. The van der Waals surface area contributed by atoms with Crippen molar-refractivity contribution in [3.63, 3.8) is 0 Å². The molecule has 1 aliphatic carbocycles. The van der Waals surface area contributed by atoms with Crippen LogP contribution in [0, 0.1) is 0 Å². The number of pyridine rings is 1. The predicted octanol–water partition coefficient (Wildman–Crippen LogP) is 4.22. The number of hydrogen-bond acceptors (Lipinski definition) is 2. The Hall–Kier alpha value is -1.12. The van der Waals surface area contributed by atoms with Crippen LogP contribution in [0.5, 0.6) is 0 Å². The first-order chi connectivity index (χ1) is 9.74. The summed E-state index contributed by atoms with van der Waals surface area (Å²) in [7, 11) is 2.17. The summed E-state index contributed by atoms with van der Waals surface area (Å²) in [5.74, 6) is 0. The number of hydrogen-bond donors (Lipinski definition) is 0. The van der Waals surface area contributed by atoms with Crippen molar-refractivity contribution in [1.82, 2.24) is 9.88 Å².